The van der Waals surface area contributed by atoms with E-state index in [1.54, 1.807) is 0 Å². The maximum Gasteiger partial charge on any atom is 0.457 e. The first-order valence-corrected chi connectivity index (χ1v) is 4.87. The molecular formula is C5H3F8O3S-. The summed E-state index contributed by atoms with van der Waals surface area (Å²) < 4.78 is 127. The van der Waals surface area contributed by atoms with E-state index in [0.717, 1.165) is 0 Å². The van der Waals surface area contributed by atoms with Gasteiger partial charge in [0.05, 0.1) is 0 Å². The van der Waals surface area contributed by atoms with Crippen molar-refractivity contribution in [3.05, 3.63) is 0 Å². The standard InChI is InChI=1S/C5H4F8O3S/c1-2(6,3(7,8)4(9,10)11)5(12,13)17(14,15)16/h1H3,(H,14,15,16)/p-1. The molecule has 0 fully saturated rings. The minimum Gasteiger partial charge on any atom is -0.743 e. The molecule has 0 N–H and O–H groups in total. The highest BCUT2D eigenvalue weighted by atomic mass is 32.2. The minimum absolute atomic E-state index is 1.02. The first-order valence-electron chi connectivity index (χ1n) is 3.47. The van der Waals surface area contributed by atoms with Crippen LogP contribution in [0.2, 0.25) is 0 Å². The highest BCUT2D eigenvalue weighted by molar-refractivity contribution is 7.86. The number of alkyl halides is 8. The van der Waals surface area contributed by atoms with Crippen molar-refractivity contribution in [2.24, 2.45) is 0 Å². The summed E-state index contributed by atoms with van der Waals surface area (Å²) in [5.41, 5.74) is -5.93. The molecule has 0 bridgehead atoms. The second-order valence-electron chi connectivity index (χ2n) is 3.05. The Hall–Kier alpha value is -0.650. The van der Waals surface area contributed by atoms with Crippen molar-refractivity contribution >= 4 is 10.1 Å². The maximum atomic E-state index is 12.8. The first kappa shape index (κ1) is 16.4. The van der Waals surface area contributed by atoms with E-state index >= 15 is 0 Å². The van der Waals surface area contributed by atoms with Crippen LogP contribution in [0.4, 0.5) is 35.1 Å². The van der Waals surface area contributed by atoms with Gasteiger partial charge in [-0.2, -0.15) is 30.7 Å². The van der Waals surface area contributed by atoms with Crippen LogP contribution < -0.4 is 0 Å². The lowest BCUT2D eigenvalue weighted by Crippen LogP contribution is -2.64. The summed E-state index contributed by atoms with van der Waals surface area (Å²) in [4.78, 5) is 0. The van der Waals surface area contributed by atoms with Gasteiger partial charge in [0.25, 0.3) is 5.67 Å². The number of rotatable bonds is 3. The van der Waals surface area contributed by atoms with Crippen molar-refractivity contribution in [3.8, 4) is 0 Å². The number of halogens is 8. The SMILES string of the molecule is CC(F)(C(F)(F)C(F)(F)F)C(F)(F)S(=O)(=O)[O-]. The van der Waals surface area contributed by atoms with Gasteiger partial charge in [-0.05, 0) is 6.92 Å². The summed E-state index contributed by atoms with van der Waals surface area (Å²) in [6.45, 7) is -1.02. The molecule has 0 radical (unpaired) electrons. The summed E-state index contributed by atoms with van der Waals surface area (Å²) in [5.74, 6) is -6.72. The van der Waals surface area contributed by atoms with Gasteiger partial charge < -0.3 is 4.55 Å². The van der Waals surface area contributed by atoms with Gasteiger partial charge in [-0.15, -0.1) is 0 Å². The van der Waals surface area contributed by atoms with E-state index < -0.39 is 40.1 Å². The third kappa shape index (κ3) is 2.19. The van der Waals surface area contributed by atoms with Crippen molar-refractivity contribution < 1.29 is 48.1 Å². The van der Waals surface area contributed by atoms with Crippen LogP contribution in [0.15, 0.2) is 0 Å². The van der Waals surface area contributed by atoms with Crippen LogP contribution in [0.1, 0.15) is 6.92 Å². The van der Waals surface area contributed by atoms with E-state index in [1.807, 2.05) is 0 Å². The molecule has 0 aromatic carbocycles. The van der Waals surface area contributed by atoms with Crippen LogP contribution in [0, 0.1) is 0 Å². The lowest BCUT2D eigenvalue weighted by Gasteiger charge is -2.37. The van der Waals surface area contributed by atoms with E-state index in [9.17, 15) is 48.1 Å². The molecule has 0 heterocycles. The Labute approximate surface area is 89.2 Å². The molecule has 0 saturated carbocycles. The second-order valence-corrected chi connectivity index (χ2v) is 4.47. The molecule has 12 heteroatoms. The first-order chi connectivity index (χ1) is 7.00. The highest BCUT2D eigenvalue weighted by Crippen LogP contribution is 2.53. The van der Waals surface area contributed by atoms with E-state index in [1.165, 1.54) is 0 Å². The number of hydrogen-bond acceptors (Lipinski definition) is 3. The quantitative estimate of drug-likeness (QED) is 0.591. The topological polar surface area (TPSA) is 57.2 Å². The van der Waals surface area contributed by atoms with Gasteiger partial charge in [0, 0.05) is 0 Å². The molecular weight excluding hydrogens is 292 g/mol. The van der Waals surface area contributed by atoms with Crippen LogP contribution in [-0.4, -0.2) is 36.0 Å². The predicted octanol–water partition coefficient (Wildman–Crippen LogP) is 2.05. The zero-order valence-corrected chi connectivity index (χ0v) is 8.47. The van der Waals surface area contributed by atoms with E-state index in [2.05, 4.69) is 0 Å². The van der Waals surface area contributed by atoms with Gasteiger partial charge in [-0.25, -0.2) is 12.8 Å². The van der Waals surface area contributed by atoms with Crippen LogP contribution in [0.3, 0.4) is 0 Å². The van der Waals surface area contributed by atoms with E-state index in [-0.39, 0.29) is 0 Å². The molecule has 0 aromatic rings. The molecule has 0 rings (SSSR count). The fourth-order valence-corrected chi connectivity index (χ4v) is 1.28. The van der Waals surface area contributed by atoms with Crippen LogP contribution in [-0.2, 0) is 10.1 Å². The summed E-state index contributed by atoms with van der Waals surface area (Å²) in [5, 5.41) is -6.45. The van der Waals surface area contributed by atoms with Gasteiger partial charge in [-0.3, -0.25) is 0 Å². The van der Waals surface area contributed by atoms with Crippen molar-refractivity contribution in [2.75, 3.05) is 0 Å². The van der Waals surface area contributed by atoms with Crippen molar-refractivity contribution in [1.29, 1.82) is 0 Å². The van der Waals surface area contributed by atoms with Gasteiger partial charge in [0.2, 0.25) is 0 Å². The zero-order chi connectivity index (χ0) is 14.5. The Morgan fingerprint density at radius 3 is 1.35 bits per heavy atom. The second kappa shape index (κ2) is 3.67. The van der Waals surface area contributed by atoms with Crippen molar-refractivity contribution in [1.82, 2.24) is 0 Å². The Morgan fingerprint density at radius 2 is 1.18 bits per heavy atom. The Morgan fingerprint density at radius 1 is 0.882 bits per heavy atom. The fraction of sp³-hybridized carbons (Fsp3) is 1.00. The van der Waals surface area contributed by atoms with Crippen LogP contribution >= 0.6 is 0 Å². The smallest absolute Gasteiger partial charge is 0.457 e. The molecule has 1 unspecified atom stereocenters. The maximum absolute atomic E-state index is 12.8. The van der Waals surface area contributed by atoms with Gasteiger partial charge in [0.1, 0.15) is 0 Å². The van der Waals surface area contributed by atoms with Crippen molar-refractivity contribution in [2.45, 2.75) is 29.9 Å². The van der Waals surface area contributed by atoms with Gasteiger partial charge in [0.15, 0.2) is 10.1 Å². The number of hydrogen-bond donors (Lipinski definition) is 0. The van der Waals surface area contributed by atoms with E-state index in [0.29, 0.717) is 0 Å². The Kier molecular flexibility index (Phi) is 3.53. The third-order valence-corrected chi connectivity index (χ3v) is 2.82. The van der Waals surface area contributed by atoms with Crippen molar-refractivity contribution in [3.63, 3.8) is 0 Å². The summed E-state index contributed by atoms with van der Waals surface area (Å²) in [6.07, 6.45) is -6.79. The molecule has 0 aromatic heterocycles. The van der Waals surface area contributed by atoms with Crippen LogP contribution in [0.5, 0.6) is 0 Å². The molecule has 104 valence electrons. The Balaban J connectivity index is 5.91. The highest BCUT2D eigenvalue weighted by Gasteiger charge is 2.79. The largest absolute Gasteiger partial charge is 0.743 e. The van der Waals surface area contributed by atoms with Gasteiger partial charge >= 0.3 is 17.4 Å². The third-order valence-electron chi connectivity index (χ3n) is 1.81. The molecule has 1 atom stereocenters. The average Bonchev–Trinajstić information content (AvgIpc) is 1.98. The predicted molar refractivity (Wildman–Crippen MR) is 35.2 cm³/mol. The molecule has 0 aliphatic carbocycles. The minimum atomic E-state index is -7.04. The Bertz CT molecular complexity index is 394. The lowest BCUT2D eigenvalue weighted by molar-refractivity contribution is -0.346. The monoisotopic (exact) mass is 295 g/mol. The molecule has 0 amide bonds. The summed E-state index contributed by atoms with van der Waals surface area (Å²) in [6, 6.07) is 0. The molecule has 17 heavy (non-hydrogen) atoms. The van der Waals surface area contributed by atoms with E-state index in [4.69, 9.17) is 0 Å². The normalized spacial score (nSPS) is 18.9. The zero-order valence-electron chi connectivity index (χ0n) is 7.66. The van der Waals surface area contributed by atoms with Crippen LogP contribution in [0.25, 0.3) is 0 Å². The lowest BCUT2D eigenvalue weighted by atomic mass is 10.00. The molecule has 0 aliphatic heterocycles. The fourth-order valence-electron chi connectivity index (χ4n) is 0.684. The average molecular weight is 295 g/mol. The molecule has 0 spiro atoms. The molecule has 0 aliphatic rings. The summed E-state index contributed by atoms with van der Waals surface area (Å²) in [7, 11) is -7.04. The summed E-state index contributed by atoms with van der Waals surface area (Å²) >= 11 is 0. The molecule has 3 nitrogen and oxygen atoms in total. The van der Waals surface area contributed by atoms with Gasteiger partial charge in [-0.1, -0.05) is 0 Å². The molecule has 0 saturated heterocycles.